The van der Waals surface area contributed by atoms with Gasteiger partial charge in [0.15, 0.2) is 0 Å². The molecule has 1 N–H and O–H groups in total. The first-order chi connectivity index (χ1) is 2.73. The number of hydrogen-bond acceptors (Lipinski definition) is 1. The molecule has 0 aromatic heterocycles. The van der Waals surface area contributed by atoms with Crippen molar-refractivity contribution in [2.75, 3.05) is 0 Å². The van der Waals surface area contributed by atoms with Crippen molar-refractivity contribution in [3.8, 4) is 0 Å². The minimum absolute atomic E-state index is 0.833. The van der Waals surface area contributed by atoms with E-state index in [1.54, 1.807) is 0 Å². The summed E-state index contributed by atoms with van der Waals surface area (Å²) in [6.07, 6.45) is 0. The second-order valence-electron chi connectivity index (χ2n) is 0.519. The van der Waals surface area contributed by atoms with Crippen LogP contribution < -0.4 is 0 Å². The first-order valence-corrected chi connectivity index (χ1v) is 5.05. The number of carboxylic acid groups (broad SMARTS) is 1. The molecule has 0 aromatic rings. The van der Waals surface area contributed by atoms with Crippen molar-refractivity contribution in [3.05, 3.63) is 0 Å². The summed E-state index contributed by atoms with van der Waals surface area (Å²) in [5.41, 5.74) is 0. The molecule has 0 spiro atoms. The van der Waals surface area contributed by atoms with Gasteiger partial charge in [0.2, 0.25) is 0 Å². The van der Waals surface area contributed by atoms with Gasteiger partial charge in [-0.25, -0.2) is 0 Å². The molecule has 0 amide bonds. The summed E-state index contributed by atoms with van der Waals surface area (Å²) in [6.45, 7) is 1.08. The third-order valence-corrected chi connectivity index (χ3v) is 0. The average Bonchev–Trinajstić information content (AvgIpc) is 1.41. The molecule has 0 aliphatic heterocycles. The molecule has 0 saturated carbocycles. The van der Waals surface area contributed by atoms with Crippen LogP contribution in [0.5, 0.6) is 0 Å². The number of hydrogen-bond donors (Lipinski definition) is 1. The Morgan fingerprint density at radius 1 is 1.67 bits per heavy atom. The van der Waals surface area contributed by atoms with E-state index in [1.165, 1.54) is 0 Å². The van der Waals surface area contributed by atoms with Gasteiger partial charge >= 0.3 is 50.0 Å². The topological polar surface area (TPSA) is 37.3 Å². The van der Waals surface area contributed by atoms with Crippen molar-refractivity contribution in [2.45, 2.75) is 7.94 Å². The van der Waals surface area contributed by atoms with Gasteiger partial charge in [-0.05, 0) is 0 Å². The average molecular weight is 114 g/mol. The van der Waals surface area contributed by atoms with Crippen LogP contribution in [0.1, 0.15) is 6.92 Å². The quantitative estimate of drug-likeness (QED) is 0.460. The first-order valence-electron chi connectivity index (χ1n) is 1.93. The Bertz CT molecular complexity index is 31.8. The molecule has 0 atom stereocenters. The number of carboxylic acids is 1. The van der Waals surface area contributed by atoms with Crippen LogP contribution in [0.25, 0.3) is 0 Å². The molecule has 2 nitrogen and oxygen atoms in total. The molecule has 0 bridgehead atoms. The third-order valence-electron chi connectivity index (χ3n) is 0. The van der Waals surface area contributed by atoms with E-state index in [-0.39, 0.29) is 0 Å². The molecule has 3 heteroatoms. The van der Waals surface area contributed by atoms with Gasteiger partial charge in [-0.2, -0.15) is 0 Å². The first kappa shape index (κ1) is 10.2. The molecule has 6 heavy (non-hydrogen) atoms. The van der Waals surface area contributed by atoms with E-state index in [9.17, 15) is 0 Å². The molecule has 0 aliphatic rings. The molecule has 0 saturated heterocycles. The summed E-state index contributed by atoms with van der Waals surface area (Å²) in [5, 5.41) is 7.42. The second kappa shape index (κ2) is 9.44. The summed E-state index contributed by atoms with van der Waals surface area (Å²) >= 11 is 1.06. The Morgan fingerprint density at radius 3 is 1.67 bits per heavy atom. The van der Waals surface area contributed by atoms with Crippen LogP contribution in [0.4, 0.5) is 0 Å². The van der Waals surface area contributed by atoms with Crippen molar-refractivity contribution in [1.82, 2.24) is 0 Å². The van der Waals surface area contributed by atoms with Gasteiger partial charge in [0.05, 0.1) is 0 Å². The van der Waals surface area contributed by atoms with Crippen LogP contribution in [0.2, 0.25) is 1.02 Å². The number of rotatable bonds is 0. The Morgan fingerprint density at radius 2 is 1.67 bits per heavy atom. The minimum atomic E-state index is -0.833. The second-order valence-corrected chi connectivity index (χ2v) is 0.519. The van der Waals surface area contributed by atoms with Crippen LogP contribution in [-0.2, 0) is 4.79 Å². The van der Waals surface area contributed by atoms with Crippen molar-refractivity contribution in [3.63, 3.8) is 0 Å². The van der Waals surface area contributed by atoms with Gasteiger partial charge in [-0.15, -0.1) is 0 Å². The predicted octanol–water partition coefficient (Wildman–Crippen LogP) is 0.294. The fourth-order valence-electron chi connectivity index (χ4n) is 0. The number of carbonyl (C=O) groups is 1. The van der Waals surface area contributed by atoms with E-state index in [0.29, 0.717) is 0 Å². The van der Waals surface area contributed by atoms with Gasteiger partial charge in [0.1, 0.15) is 0 Å². The van der Waals surface area contributed by atoms with Gasteiger partial charge in [-0.1, -0.05) is 0 Å². The summed E-state index contributed by atoms with van der Waals surface area (Å²) < 4.78 is 2.19. The van der Waals surface area contributed by atoms with Gasteiger partial charge in [-0.3, -0.25) is 4.79 Å². The van der Waals surface area contributed by atoms with Crippen LogP contribution in [-0.4, -0.2) is 60.0 Å². The van der Waals surface area contributed by atoms with Crippen molar-refractivity contribution in [1.29, 1.82) is 0 Å². The fraction of sp³-hybridized carbons (Fsp3) is 0.667. The molecule has 0 radical (unpaired) electrons. The normalized spacial score (nSPS) is 5.33. The Kier molecular flexibility index (Phi) is 16.0. The Balaban J connectivity index is 0. The van der Waals surface area contributed by atoms with Crippen LogP contribution in [0, 0.1) is 0 Å². The summed E-state index contributed by atoms with van der Waals surface area (Å²) in [5.74, 6) is -0.833. The summed E-state index contributed by atoms with van der Waals surface area (Å²) in [4.78, 5) is 9.00. The van der Waals surface area contributed by atoms with Crippen LogP contribution in [0.3, 0.4) is 0 Å². The standard InChI is InChI=1S/C2H4O2.CH3.K/c1-2(3)4;;/h1H3,(H,3,4);1H3;. The Labute approximate surface area is 71.5 Å². The van der Waals surface area contributed by atoms with Gasteiger partial charge < -0.3 is 5.11 Å². The maximum atomic E-state index is 9.00. The molecule has 0 rings (SSSR count). The molecule has 32 valence electrons. The molecule has 0 unspecified atom stereocenters. The summed E-state index contributed by atoms with van der Waals surface area (Å²) in [7, 11) is 0. The molecule has 0 aliphatic carbocycles. The summed E-state index contributed by atoms with van der Waals surface area (Å²) in [6, 6.07) is 0. The zero-order valence-corrected chi connectivity index (χ0v) is 7.48. The zero-order chi connectivity index (χ0) is 5.58. The monoisotopic (exact) mass is 114 g/mol. The SMILES string of the molecule is CC(=O)O.[CH3][K]. The van der Waals surface area contributed by atoms with E-state index in [2.05, 4.69) is 1.02 Å². The number of aliphatic carboxylic acids is 1. The van der Waals surface area contributed by atoms with Crippen molar-refractivity contribution < 1.29 is 9.90 Å². The Hall–Kier alpha value is 1.11. The molecule has 0 aromatic carbocycles. The third kappa shape index (κ3) is 70.3. The van der Waals surface area contributed by atoms with Crippen molar-refractivity contribution in [2.24, 2.45) is 0 Å². The molecular weight excluding hydrogens is 107 g/mol. The molecule has 0 fully saturated rings. The molecular formula is C3H7KO2. The van der Waals surface area contributed by atoms with E-state index in [0.717, 1.165) is 55.9 Å². The van der Waals surface area contributed by atoms with Crippen LogP contribution >= 0.6 is 0 Å². The van der Waals surface area contributed by atoms with Crippen LogP contribution in [0.15, 0.2) is 0 Å². The fourth-order valence-corrected chi connectivity index (χ4v) is 0. The van der Waals surface area contributed by atoms with Crippen molar-refractivity contribution >= 4 is 54.9 Å². The van der Waals surface area contributed by atoms with E-state index in [4.69, 9.17) is 9.90 Å². The maximum absolute atomic E-state index is 9.00. The van der Waals surface area contributed by atoms with E-state index < -0.39 is 5.97 Å². The van der Waals surface area contributed by atoms with Gasteiger partial charge in [0, 0.05) is 6.92 Å². The molecule has 0 heterocycles. The predicted molar refractivity (Wildman–Crippen MR) is 24.9 cm³/mol. The van der Waals surface area contributed by atoms with E-state index >= 15 is 0 Å². The van der Waals surface area contributed by atoms with Gasteiger partial charge in [0.25, 0.3) is 5.97 Å². The zero-order valence-electron chi connectivity index (χ0n) is 4.36. The van der Waals surface area contributed by atoms with E-state index in [1.807, 2.05) is 0 Å².